The van der Waals surface area contributed by atoms with Crippen LogP contribution in [0.3, 0.4) is 0 Å². The highest BCUT2D eigenvalue weighted by atomic mass is 16.5. The first kappa shape index (κ1) is 15.7. The van der Waals surface area contributed by atoms with Gasteiger partial charge in [0.2, 0.25) is 0 Å². The lowest BCUT2D eigenvalue weighted by molar-refractivity contribution is -0.137. The highest BCUT2D eigenvalue weighted by Crippen LogP contribution is 1.97. The van der Waals surface area contributed by atoms with E-state index in [0.29, 0.717) is 13.2 Å². The molecule has 0 heterocycles. The van der Waals surface area contributed by atoms with Gasteiger partial charge in [0.05, 0.1) is 19.1 Å². The van der Waals surface area contributed by atoms with Crippen molar-refractivity contribution in [3.05, 3.63) is 0 Å². The lowest BCUT2D eigenvalue weighted by Crippen LogP contribution is -2.41. The van der Waals surface area contributed by atoms with Crippen LogP contribution in [0.5, 0.6) is 0 Å². The number of aliphatic carboxylic acids is 1. The summed E-state index contributed by atoms with van der Waals surface area (Å²) in [6.07, 6.45) is 0.0988. The van der Waals surface area contributed by atoms with Gasteiger partial charge in [0.15, 0.2) is 0 Å². The average Bonchev–Trinajstić information content (AvgIpc) is 2.24. The summed E-state index contributed by atoms with van der Waals surface area (Å²) in [6, 6.07) is -0.196. The summed E-state index contributed by atoms with van der Waals surface area (Å²) in [4.78, 5) is 25.0. The summed E-state index contributed by atoms with van der Waals surface area (Å²) < 4.78 is 5.33. The van der Waals surface area contributed by atoms with Gasteiger partial charge >= 0.3 is 12.0 Å². The quantitative estimate of drug-likeness (QED) is 0.723. The molecule has 0 aromatic rings. The second kappa shape index (κ2) is 7.89. The monoisotopic (exact) mass is 246 g/mol. The van der Waals surface area contributed by atoms with E-state index in [0.717, 1.165) is 0 Å². The summed E-state index contributed by atoms with van der Waals surface area (Å²) >= 11 is 0. The third-order valence-electron chi connectivity index (χ3n) is 2.19. The Morgan fingerprint density at radius 2 is 1.71 bits per heavy atom. The van der Waals surface area contributed by atoms with E-state index in [1.807, 2.05) is 13.8 Å². The Kier molecular flexibility index (Phi) is 7.29. The first-order valence-corrected chi connectivity index (χ1v) is 5.64. The highest BCUT2D eigenvalue weighted by Gasteiger charge is 2.14. The van der Waals surface area contributed by atoms with Crippen molar-refractivity contribution >= 4 is 12.0 Å². The van der Waals surface area contributed by atoms with E-state index in [-0.39, 0.29) is 25.1 Å². The topological polar surface area (TPSA) is 70.1 Å². The van der Waals surface area contributed by atoms with E-state index in [1.165, 1.54) is 9.80 Å². The third-order valence-corrected chi connectivity index (χ3v) is 2.19. The molecular formula is C11H22N2O4. The van der Waals surface area contributed by atoms with Crippen molar-refractivity contribution in [3.8, 4) is 0 Å². The van der Waals surface area contributed by atoms with Crippen molar-refractivity contribution in [2.45, 2.75) is 26.4 Å². The maximum atomic E-state index is 11.7. The highest BCUT2D eigenvalue weighted by molar-refractivity contribution is 5.74. The molecule has 0 saturated heterocycles. The number of likely N-dealkylation sites (N-methyl/N-ethyl adjacent to an activating group) is 1. The van der Waals surface area contributed by atoms with Gasteiger partial charge in [0, 0.05) is 27.2 Å². The van der Waals surface area contributed by atoms with Gasteiger partial charge in [-0.2, -0.15) is 0 Å². The van der Waals surface area contributed by atoms with Crippen molar-refractivity contribution in [2.75, 3.05) is 33.8 Å². The molecule has 0 aromatic heterocycles. The second-order valence-corrected chi connectivity index (χ2v) is 4.19. The van der Waals surface area contributed by atoms with Crippen LogP contribution >= 0.6 is 0 Å². The largest absolute Gasteiger partial charge is 0.481 e. The number of rotatable bonds is 7. The molecule has 17 heavy (non-hydrogen) atoms. The second-order valence-electron chi connectivity index (χ2n) is 4.19. The van der Waals surface area contributed by atoms with Gasteiger partial charge in [-0.1, -0.05) is 0 Å². The van der Waals surface area contributed by atoms with E-state index in [9.17, 15) is 9.59 Å². The fraction of sp³-hybridized carbons (Fsp3) is 0.818. The molecule has 0 spiro atoms. The zero-order valence-corrected chi connectivity index (χ0v) is 11.0. The molecule has 0 atom stereocenters. The maximum absolute atomic E-state index is 11.7. The zero-order valence-electron chi connectivity index (χ0n) is 11.0. The Morgan fingerprint density at radius 3 is 2.18 bits per heavy atom. The molecule has 0 aliphatic rings. The Hall–Kier alpha value is -1.30. The van der Waals surface area contributed by atoms with Gasteiger partial charge in [-0.3, -0.25) is 4.79 Å². The fourth-order valence-electron chi connectivity index (χ4n) is 1.17. The van der Waals surface area contributed by atoms with Crippen LogP contribution in [0.4, 0.5) is 4.79 Å². The molecule has 6 nitrogen and oxygen atoms in total. The number of carboxylic acid groups (broad SMARTS) is 1. The average molecular weight is 246 g/mol. The Balaban J connectivity index is 3.90. The van der Waals surface area contributed by atoms with Crippen molar-refractivity contribution in [1.29, 1.82) is 0 Å². The minimum absolute atomic E-state index is 0.0431. The predicted octanol–water partition coefficient (Wildman–Crippen LogP) is 0.870. The SMILES string of the molecule is CC(C)OCCN(C)C(=O)N(C)CCC(=O)O. The predicted molar refractivity (Wildman–Crippen MR) is 64.0 cm³/mol. The van der Waals surface area contributed by atoms with E-state index in [2.05, 4.69) is 0 Å². The van der Waals surface area contributed by atoms with Gasteiger partial charge in [-0.25, -0.2) is 4.79 Å². The summed E-state index contributed by atoms with van der Waals surface area (Å²) in [5, 5.41) is 8.51. The number of urea groups is 1. The number of hydrogen-bond donors (Lipinski definition) is 1. The lowest BCUT2D eigenvalue weighted by atomic mass is 10.4. The van der Waals surface area contributed by atoms with Crippen molar-refractivity contribution in [1.82, 2.24) is 9.80 Å². The summed E-state index contributed by atoms with van der Waals surface area (Å²) in [7, 11) is 3.26. The number of carboxylic acids is 1. The van der Waals surface area contributed by atoms with Crippen molar-refractivity contribution < 1.29 is 19.4 Å². The van der Waals surface area contributed by atoms with Gasteiger partial charge in [0.1, 0.15) is 0 Å². The molecule has 0 aliphatic heterocycles. The Morgan fingerprint density at radius 1 is 1.18 bits per heavy atom. The van der Waals surface area contributed by atoms with Gasteiger partial charge in [-0.05, 0) is 13.8 Å². The van der Waals surface area contributed by atoms with Crippen LogP contribution in [-0.2, 0) is 9.53 Å². The van der Waals surface area contributed by atoms with Crippen molar-refractivity contribution in [2.24, 2.45) is 0 Å². The van der Waals surface area contributed by atoms with Crippen LogP contribution < -0.4 is 0 Å². The smallest absolute Gasteiger partial charge is 0.319 e. The molecule has 2 amide bonds. The molecule has 0 radical (unpaired) electrons. The van der Waals surface area contributed by atoms with Gasteiger partial charge in [-0.15, -0.1) is 0 Å². The van der Waals surface area contributed by atoms with E-state index in [1.54, 1.807) is 14.1 Å². The molecule has 0 rings (SSSR count). The normalized spacial score (nSPS) is 10.4. The van der Waals surface area contributed by atoms with Gasteiger partial charge < -0.3 is 19.6 Å². The van der Waals surface area contributed by atoms with Crippen LogP contribution in [0.1, 0.15) is 20.3 Å². The molecule has 1 N–H and O–H groups in total. The zero-order chi connectivity index (χ0) is 13.4. The van der Waals surface area contributed by atoms with Crippen LogP contribution in [0.2, 0.25) is 0 Å². The number of amides is 2. The van der Waals surface area contributed by atoms with Crippen LogP contribution in [0, 0.1) is 0 Å². The molecule has 100 valence electrons. The van der Waals surface area contributed by atoms with Crippen LogP contribution in [-0.4, -0.2) is 66.8 Å². The first-order chi connectivity index (χ1) is 7.84. The molecule has 0 fully saturated rings. The van der Waals surface area contributed by atoms with E-state index in [4.69, 9.17) is 9.84 Å². The summed E-state index contributed by atoms with van der Waals surface area (Å²) in [6.45, 7) is 5.05. The van der Waals surface area contributed by atoms with Crippen LogP contribution in [0.25, 0.3) is 0 Å². The molecule has 6 heteroatoms. The maximum Gasteiger partial charge on any atom is 0.319 e. The fourth-order valence-corrected chi connectivity index (χ4v) is 1.17. The number of ether oxygens (including phenoxy) is 1. The van der Waals surface area contributed by atoms with E-state index < -0.39 is 5.97 Å². The first-order valence-electron chi connectivity index (χ1n) is 5.64. The molecule has 0 aromatic carbocycles. The molecule has 0 bridgehead atoms. The summed E-state index contributed by atoms with van der Waals surface area (Å²) in [5.74, 6) is -0.907. The minimum Gasteiger partial charge on any atom is -0.481 e. The van der Waals surface area contributed by atoms with Crippen molar-refractivity contribution in [3.63, 3.8) is 0 Å². The van der Waals surface area contributed by atoms with Gasteiger partial charge in [0.25, 0.3) is 0 Å². The minimum atomic E-state index is -0.907. The molecule has 0 unspecified atom stereocenters. The number of carbonyl (C=O) groups is 2. The standard InChI is InChI=1S/C11H22N2O4/c1-9(2)17-8-7-13(4)11(16)12(3)6-5-10(14)15/h9H,5-8H2,1-4H3,(H,14,15). The molecular weight excluding hydrogens is 224 g/mol. The number of nitrogens with zero attached hydrogens (tertiary/aromatic N) is 2. The molecule has 0 saturated carbocycles. The van der Waals surface area contributed by atoms with Crippen LogP contribution in [0.15, 0.2) is 0 Å². The third kappa shape index (κ3) is 7.57. The molecule has 0 aliphatic carbocycles. The Bertz CT molecular complexity index is 256. The summed E-state index contributed by atoms with van der Waals surface area (Å²) in [5.41, 5.74) is 0. The Labute approximate surface area is 102 Å². The number of carbonyl (C=O) groups excluding carboxylic acids is 1. The lowest BCUT2D eigenvalue weighted by Gasteiger charge is -2.24. The van der Waals surface area contributed by atoms with E-state index >= 15 is 0 Å². The number of hydrogen-bond acceptors (Lipinski definition) is 3.